The highest BCUT2D eigenvalue weighted by Gasteiger charge is 2.20. The Morgan fingerprint density at radius 1 is 0.893 bits per heavy atom. The first-order valence-corrected chi connectivity index (χ1v) is 10.5. The normalized spacial score (nSPS) is 11.6. The molecule has 1 N–H and O–H groups in total. The quantitative estimate of drug-likeness (QED) is 0.545. The van der Waals surface area contributed by atoms with Crippen LogP contribution in [-0.4, -0.2) is 18.2 Å². The molecule has 4 rings (SSSR count). The highest BCUT2D eigenvalue weighted by molar-refractivity contribution is 7.92. The molecular weight excluding hydrogens is 370 g/mol. The summed E-state index contributed by atoms with van der Waals surface area (Å²) in [7, 11) is -3.66. The van der Waals surface area contributed by atoms with Crippen LogP contribution in [0.25, 0.3) is 10.8 Å². The van der Waals surface area contributed by atoms with Crippen molar-refractivity contribution in [2.24, 2.45) is 0 Å². The van der Waals surface area contributed by atoms with Crippen LogP contribution >= 0.6 is 0 Å². The maximum absolute atomic E-state index is 12.7. The lowest BCUT2D eigenvalue weighted by Crippen LogP contribution is -2.14. The number of aromatic nitrogens is 2. The van der Waals surface area contributed by atoms with E-state index in [1.807, 2.05) is 36.7 Å². The molecule has 0 unspecified atom stereocenters. The molecular formula is C22H21N3O2S. The lowest BCUT2D eigenvalue weighted by molar-refractivity contribution is 0.601. The Morgan fingerprint density at radius 3 is 2.36 bits per heavy atom. The van der Waals surface area contributed by atoms with Crippen LogP contribution in [0.15, 0.2) is 77.7 Å². The second-order valence-electron chi connectivity index (χ2n) is 6.76. The zero-order valence-electron chi connectivity index (χ0n) is 15.8. The fraction of sp³-hybridized carbons (Fsp3) is 0.136. The number of rotatable bonds is 5. The number of hydrogen-bond acceptors (Lipinski definition) is 3. The topological polar surface area (TPSA) is 64.0 Å². The number of nitrogens with zero attached hydrogens (tertiary/aromatic N) is 2. The SMILES string of the molecule is Cc1nn(Cc2cccc3ccccc23)c(C)c1NS(=O)(=O)c1ccccc1. The molecule has 0 saturated heterocycles. The van der Waals surface area contributed by atoms with Crippen LogP contribution < -0.4 is 4.72 Å². The van der Waals surface area contributed by atoms with Crippen LogP contribution in [0.2, 0.25) is 0 Å². The molecule has 0 aliphatic heterocycles. The maximum atomic E-state index is 12.7. The van der Waals surface area contributed by atoms with Crippen molar-refractivity contribution >= 4 is 26.5 Å². The third kappa shape index (κ3) is 3.39. The number of nitrogens with one attached hydrogen (secondary N) is 1. The van der Waals surface area contributed by atoms with Gasteiger partial charge in [0.25, 0.3) is 10.0 Å². The predicted molar refractivity (Wildman–Crippen MR) is 112 cm³/mol. The van der Waals surface area contributed by atoms with Gasteiger partial charge >= 0.3 is 0 Å². The number of fused-ring (bicyclic) bond motifs is 1. The monoisotopic (exact) mass is 391 g/mol. The van der Waals surface area contributed by atoms with Crippen molar-refractivity contribution in [2.45, 2.75) is 25.3 Å². The molecule has 0 atom stereocenters. The van der Waals surface area contributed by atoms with Gasteiger partial charge in [-0.2, -0.15) is 5.10 Å². The molecule has 0 radical (unpaired) electrons. The van der Waals surface area contributed by atoms with Crippen LogP contribution in [-0.2, 0) is 16.6 Å². The summed E-state index contributed by atoms with van der Waals surface area (Å²) in [6.07, 6.45) is 0. The van der Waals surface area contributed by atoms with Crippen LogP contribution in [0, 0.1) is 13.8 Å². The largest absolute Gasteiger partial charge is 0.276 e. The molecule has 1 heterocycles. The summed E-state index contributed by atoms with van der Waals surface area (Å²) >= 11 is 0. The molecule has 142 valence electrons. The van der Waals surface area contributed by atoms with E-state index in [1.54, 1.807) is 30.3 Å². The summed E-state index contributed by atoms with van der Waals surface area (Å²) in [4.78, 5) is 0.232. The van der Waals surface area contributed by atoms with E-state index in [1.165, 1.54) is 10.8 Å². The summed E-state index contributed by atoms with van der Waals surface area (Å²) in [5.74, 6) is 0. The first-order valence-electron chi connectivity index (χ1n) is 9.04. The molecule has 28 heavy (non-hydrogen) atoms. The second-order valence-corrected chi connectivity index (χ2v) is 8.44. The molecule has 0 saturated carbocycles. The van der Waals surface area contributed by atoms with Crippen molar-refractivity contribution in [3.63, 3.8) is 0 Å². The minimum absolute atomic E-state index is 0.232. The standard InChI is InChI=1S/C22H21N3O2S/c1-16-22(24-28(26,27)20-12-4-3-5-13-20)17(2)25(23-16)15-19-11-8-10-18-9-6-7-14-21(18)19/h3-14,24H,15H2,1-2H3. The van der Waals surface area contributed by atoms with Crippen molar-refractivity contribution in [2.75, 3.05) is 4.72 Å². The third-order valence-electron chi connectivity index (χ3n) is 4.87. The fourth-order valence-electron chi connectivity index (χ4n) is 3.38. The van der Waals surface area contributed by atoms with Gasteiger partial charge in [-0.3, -0.25) is 9.40 Å². The minimum atomic E-state index is -3.66. The van der Waals surface area contributed by atoms with Gasteiger partial charge in [0.1, 0.15) is 0 Å². The van der Waals surface area contributed by atoms with E-state index in [2.05, 4.69) is 34.1 Å². The predicted octanol–water partition coefficient (Wildman–Crippen LogP) is 4.50. The molecule has 1 aromatic heterocycles. The number of anilines is 1. The molecule has 0 fully saturated rings. The fourth-order valence-corrected chi connectivity index (χ4v) is 4.58. The molecule has 6 heteroatoms. The number of aryl methyl sites for hydroxylation is 1. The summed E-state index contributed by atoms with van der Waals surface area (Å²) in [5.41, 5.74) is 3.10. The first kappa shape index (κ1) is 18.3. The Bertz CT molecular complexity index is 1240. The number of hydrogen-bond donors (Lipinski definition) is 1. The Balaban J connectivity index is 1.68. The molecule has 0 aliphatic carbocycles. The van der Waals surface area contributed by atoms with E-state index in [4.69, 9.17) is 0 Å². The van der Waals surface area contributed by atoms with Gasteiger partial charge in [-0.05, 0) is 42.3 Å². The molecule has 0 bridgehead atoms. The van der Waals surface area contributed by atoms with Gasteiger partial charge in [-0.15, -0.1) is 0 Å². The van der Waals surface area contributed by atoms with Crippen molar-refractivity contribution in [1.29, 1.82) is 0 Å². The van der Waals surface area contributed by atoms with E-state index in [0.29, 0.717) is 17.9 Å². The van der Waals surface area contributed by atoms with Crippen LogP contribution in [0.3, 0.4) is 0 Å². The summed E-state index contributed by atoms with van der Waals surface area (Å²) < 4.78 is 30.0. The minimum Gasteiger partial charge on any atom is -0.276 e. The molecule has 3 aromatic carbocycles. The smallest absolute Gasteiger partial charge is 0.262 e. The zero-order valence-corrected chi connectivity index (χ0v) is 16.6. The van der Waals surface area contributed by atoms with Crippen LogP contribution in [0.1, 0.15) is 17.0 Å². The van der Waals surface area contributed by atoms with Crippen molar-refractivity contribution in [1.82, 2.24) is 9.78 Å². The first-order chi connectivity index (χ1) is 13.5. The summed E-state index contributed by atoms with van der Waals surface area (Å²) in [5, 5.41) is 6.92. The van der Waals surface area contributed by atoms with Gasteiger partial charge in [0.15, 0.2) is 0 Å². The number of benzene rings is 3. The van der Waals surface area contributed by atoms with Crippen molar-refractivity contribution in [3.05, 3.63) is 89.7 Å². The van der Waals surface area contributed by atoms with Gasteiger partial charge in [0.05, 0.1) is 28.5 Å². The molecule has 4 aromatic rings. The van der Waals surface area contributed by atoms with E-state index < -0.39 is 10.0 Å². The van der Waals surface area contributed by atoms with E-state index in [9.17, 15) is 8.42 Å². The Morgan fingerprint density at radius 2 is 1.57 bits per heavy atom. The van der Waals surface area contributed by atoms with Crippen molar-refractivity contribution in [3.8, 4) is 0 Å². The highest BCUT2D eigenvalue weighted by atomic mass is 32.2. The van der Waals surface area contributed by atoms with Gasteiger partial charge in [0, 0.05) is 0 Å². The Labute approximate surface area is 164 Å². The van der Waals surface area contributed by atoms with Gasteiger partial charge in [-0.25, -0.2) is 8.42 Å². The third-order valence-corrected chi connectivity index (χ3v) is 6.24. The van der Waals surface area contributed by atoms with Crippen LogP contribution in [0.5, 0.6) is 0 Å². The molecule has 0 spiro atoms. The summed E-state index contributed by atoms with van der Waals surface area (Å²) in [6.45, 7) is 4.27. The van der Waals surface area contributed by atoms with Crippen LogP contribution in [0.4, 0.5) is 5.69 Å². The van der Waals surface area contributed by atoms with Crippen molar-refractivity contribution < 1.29 is 8.42 Å². The average molecular weight is 391 g/mol. The second kappa shape index (κ2) is 7.13. The van der Waals surface area contributed by atoms with Gasteiger partial charge in [0.2, 0.25) is 0 Å². The molecule has 5 nitrogen and oxygen atoms in total. The van der Waals surface area contributed by atoms with E-state index >= 15 is 0 Å². The van der Waals surface area contributed by atoms with E-state index in [-0.39, 0.29) is 4.90 Å². The average Bonchev–Trinajstić information content (AvgIpc) is 2.96. The molecule has 0 amide bonds. The number of sulfonamides is 1. The molecule has 0 aliphatic rings. The summed E-state index contributed by atoms with van der Waals surface area (Å²) in [6, 6.07) is 22.8. The zero-order chi connectivity index (χ0) is 19.7. The Hall–Kier alpha value is -3.12. The van der Waals surface area contributed by atoms with Gasteiger partial charge < -0.3 is 0 Å². The lowest BCUT2D eigenvalue weighted by Gasteiger charge is -2.10. The van der Waals surface area contributed by atoms with E-state index in [0.717, 1.165) is 11.3 Å². The Kier molecular flexibility index (Phi) is 4.65. The maximum Gasteiger partial charge on any atom is 0.262 e. The van der Waals surface area contributed by atoms with Gasteiger partial charge in [-0.1, -0.05) is 60.7 Å². The highest BCUT2D eigenvalue weighted by Crippen LogP contribution is 2.25. The lowest BCUT2D eigenvalue weighted by atomic mass is 10.0.